The number of ether oxygens (including phenoxy) is 16. The molecule has 16 nitrogen and oxygen atoms in total. The first kappa shape index (κ1) is 78.5. The van der Waals surface area contributed by atoms with E-state index in [1.54, 1.807) is 0 Å². The summed E-state index contributed by atoms with van der Waals surface area (Å²) in [6.07, 6.45) is -15.3. The summed E-state index contributed by atoms with van der Waals surface area (Å²) < 4.78 is 118. The van der Waals surface area contributed by atoms with Crippen LogP contribution >= 0.6 is 0 Å². The molecule has 3 heterocycles. The topological polar surface area (TPSA) is 148 Å². The van der Waals surface area contributed by atoms with E-state index in [0.29, 0.717) is 13.2 Å². The Kier molecular flexibility index (Phi) is 30.0. The van der Waals surface area contributed by atoms with Gasteiger partial charge in [0.2, 0.25) is 0 Å². The highest BCUT2D eigenvalue weighted by molar-refractivity contribution is 5.22. The predicted molar refractivity (Wildman–Crippen MR) is 420 cm³/mol. The summed E-state index contributed by atoms with van der Waals surface area (Å²) >= 11 is 0. The Morgan fingerprint density at radius 3 is 0.613 bits per heavy atom. The van der Waals surface area contributed by atoms with Crippen molar-refractivity contribution in [1.82, 2.24) is 0 Å². The fourth-order valence-corrected chi connectivity index (χ4v) is 14.1. The van der Waals surface area contributed by atoms with Gasteiger partial charge in [0, 0.05) is 0 Å². The van der Waals surface area contributed by atoms with E-state index in [1.165, 1.54) is 0 Å². The third kappa shape index (κ3) is 23.4. The average molecular weight is 1500 g/mol. The zero-order valence-electron chi connectivity index (χ0n) is 62.3. The number of rotatable bonds is 40. The lowest BCUT2D eigenvalue weighted by molar-refractivity contribution is -0.396. The molecule has 0 aliphatic carbocycles. The van der Waals surface area contributed by atoms with Gasteiger partial charge in [-0.15, -0.1) is 0 Å². The summed E-state index contributed by atoms with van der Waals surface area (Å²) in [6, 6.07) is 110. The highest BCUT2D eigenvalue weighted by Gasteiger charge is 2.58. The summed E-state index contributed by atoms with van der Waals surface area (Å²) in [5.74, 6) is 0. The summed E-state index contributed by atoms with van der Waals surface area (Å²) in [6.45, 7) is 2.16. The van der Waals surface area contributed by atoms with Crippen LogP contribution in [0.15, 0.2) is 334 Å². The quantitative estimate of drug-likeness (QED) is 0.0358. The average Bonchev–Trinajstić information content (AvgIpc) is 0.761. The van der Waals surface area contributed by atoms with Crippen LogP contribution in [-0.2, 0) is 148 Å². The molecule has 0 spiro atoms. The Balaban J connectivity index is 0.905. The zero-order chi connectivity index (χ0) is 75.1. The molecule has 15 atom stereocenters. The number of hydrogen-bond donors (Lipinski definition) is 0. The van der Waals surface area contributed by atoms with E-state index in [1.807, 2.05) is 334 Å². The molecule has 0 bridgehead atoms. The van der Waals surface area contributed by atoms with Crippen molar-refractivity contribution in [2.45, 2.75) is 165 Å². The van der Waals surface area contributed by atoms with E-state index >= 15 is 0 Å². The molecule has 111 heavy (non-hydrogen) atoms. The van der Waals surface area contributed by atoms with Crippen LogP contribution in [0.3, 0.4) is 0 Å². The van der Waals surface area contributed by atoms with Crippen LogP contribution in [-0.4, -0.2) is 112 Å². The maximum Gasteiger partial charge on any atom is 0.187 e. The van der Waals surface area contributed by atoms with Gasteiger partial charge in [-0.25, -0.2) is 0 Å². The second kappa shape index (κ2) is 42.4. The van der Waals surface area contributed by atoms with Gasteiger partial charge in [0.25, 0.3) is 0 Å². The Morgan fingerprint density at radius 2 is 0.342 bits per heavy atom. The molecule has 0 unspecified atom stereocenters. The minimum atomic E-state index is -1.32. The van der Waals surface area contributed by atoms with Crippen LogP contribution in [0.25, 0.3) is 0 Å². The van der Waals surface area contributed by atoms with Gasteiger partial charge in [-0.1, -0.05) is 334 Å². The van der Waals surface area contributed by atoms with Gasteiger partial charge in [-0.2, -0.15) is 0 Å². The Hall–Kier alpha value is -9.22. The SMILES string of the molecule is c1ccc(COC[C@H]2O[C@H](O[C@H]3[C@H](OCc4ccccc4)[C@@H](OCc4ccccc4)[C@@H](O[C@@H]4[C@@H](OCc5ccccc5)[C@H](OCc5ccccc5)O[C@H](COCc5ccccc5)[C@H]4OCc4ccccc4)O[C@@H]3COCc3ccccc3)[C@H](OCc3ccccc3)[C@@H](OCc3ccccc3)[C@@H]2OCc2ccccc2)cc1. The highest BCUT2D eigenvalue weighted by Crippen LogP contribution is 2.40. The van der Waals surface area contributed by atoms with Crippen LogP contribution < -0.4 is 0 Å². The predicted octanol–water partition coefficient (Wildman–Crippen LogP) is 16.9. The third-order valence-electron chi connectivity index (χ3n) is 19.8. The molecule has 3 fully saturated rings. The molecule has 0 aromatic heterocycles. The van der Waals surface area contributed by atoms with Crippen molar-refractivity contribution >= 4 is 0 Å². The van der Waals surface area contributed by atoms with Gasteiger partial charge < -0.3 is 75.8 Å². The van der Waals surface area contributed by atoms with Gasteiger partial charge in [0.05, 0.1) is 92.5 Å². The van der Waals surface area contributed by atoms with Crippen molar-refractivity contribution < 1.29 is 75.8 Å². The third-order valence-corrected chi connectivity index (χ3v) is 19.8. The Bertz CT molecular complexity index is 4330. The van der Waals surface area contributed by atoms with Crippen molar-refractivity contribution in [3.63, 3.8) is 0 Å². The lowest BCUT2D eigenvalue weighted by Crippen LogP contribution is -2.68. The van der Waals surface area contributed by atoms with Gasteiger partial charge >= 0.3 is 0 Å². The van der Waals surface area contributed by atoms with E-state index in [4.69, 9.17) is 75.8 Å². The van der Waals surface area contributed by atoms with Crippen LogP contribution in [0.1, 0.15) is 61.2 Å². The maximum atomic E-state index is 7.99. The first-order valence-electron chi connectivity index (χ1n) is 38.4. The van der Waals surface area contributed by atoms with Crippen molar-refractivity contribution in [3.8, 4) is 0 Å². The van der Waals surface area contributed by atoms with Crippen LogP contribution in [0.4, 0.5) is 0 Å². The molecular formula is C95H98O16. The molecule has 11 aromatic rings. The molecule has 0 N–H and O–H groups in total. The van der Waals surface area contributed by atoms with Gasteiger partial charge in [-0.3, -0.25) is 0 Å². The molecule has 14 rings (SSSR count). The molecular weight excluding hydrogens is 1400 g/mol. The minimum Gasteiger partial charge on any atom is -0.374 e. The van der Waals surface area contributed by atoms with Crippen molar-refractivity contribution in [3.05, 3.63) is 395 Å². The van der Waals surface area contributed by atoms with Gasteiger partial charge in [0.1, 0.15) is 73.2 Å². The van der Waals surface area contributed by atoms with Crippen LogP contribution in [0, 0.1) is 0 Å². The molecule has 574 valence electrons. The molecule has 16 heteroatoms. The number of hydrogen-bond acceptors (Lipinski definition) is 16. The monoisotopic (exact) mass is 1490 g/mol. The molecule has 3 aliphatic rings. The van der Waals surface area contributed by atoms with Gasteiger partial charge in [0.15, 0.2) is 18.9 Å². The van der Waals surface area contributed by atoms with E-state index in [0.717, 1.165) is 61.2 Å². The van der Waals surface area contributed by atoms with E-state index in [-0.39, 0.29) is 79.3 Å². The van der Waals surface area contributed by atoms with E-state index in [2.05, 4.69) is 0 Å². The highest BCUT2D eigenvalue weighted by atomic mass is 16.8. The normalized spacial score (nSPS) is 23.9. The molecule has 0 amide bonds. The second-order valence-electron chi connectivity index (χ2n) is 28.0. The summed E-state index contributed by atoms with van der Waals surface area (Å²) in [4.78, 5) is 0. The standard InChI is InChI=1S/C95H98O16/c1-12-34-70(35-13-1)56-96-67-81-84(99-59-73-40-18-4-19-41-73)87(101-61-75-44-22-6-23-45-75)90(103-63-77-48-26-8-27-49-77)94(108-81)110-86-83(69-98-58-72-38-16-3-17-39-72)109-95(91(104-64-78-50-28-9-29-51-78)88(86)102-62-76-46-24-7-25-47-76)111-89-85(100-60-74-42-20-5-21-43-74)82(68-97-57-71-36-14-2-15-37-71)107-93(106-66-80-54-32-11-33-55-80)92(89)105-65-79-52-30-10-31-53-79/h1-55,81-95H,56-69H2/t81-,82-,83-,84-,85-,86-,87+,88+,89+,90-,91-,92-,93-,94-,95-/m1/s1. The maximum absolute atomic E-state index is 7.99. The van der Waals surface area contributed by atoms with Crippen molar-refractivity contribution in [2.24, 2.45) is 0 Å². The van der Waals surface area contributed by atoms with Crippen LogP contribution in [0.5, 0.6) is 0 Å². The van der Waals surface area contributed by atoms with E-state index < -0.39 is 92.1 Å². The van der Waals surface area contributed by atoms with E-state index in [9.17, 15) is 0 Å². The Morgan fingerprint density at radius 1 is 0.162 bits per heavy atom. The first-order valence-corrected chi connectivity index (χ1v) is 38.4. The first-order chi connectivity index (χ1) is 55.0. The van der Waals surface area contributed by atoms with Crippen molar-refractivity contribution in [1.29, 1.82) is 0 Å². The Labute approximate surface area is 651 Å². The molecule has 0 radical (unpaired) electrons. The van der Waals surface area contributed by atoms with Gasteiger partial charge in [-0.05, 0) is 61.2 Å². The largest absolute Gasteiger partial charge is 0.374 e. The molecule has 3 aliphatic heterocycles. The second-order valence-corrected chi connectivity index (χ2v) is 28.0. The molecule has 3 saturated heterocycles. The molecule has 0 saturated carbocycles. The number of benzene rings is 11. The van der Waals surface area contributed by atoms with Crippen molar-refractivity contribution in [2.75, 3.05) is 19.8 Å². The minimum absolute atomic E-state index is 0.0486. The zero-order valence-corrected chi connectivity index (χ0v) is 62.3. The summed E-state index contributed by atoms with van der Waals surface area (Å²) in [5, 5.41) is 0. The molecule has 11 aromatic carbocycles. The lowest BCUT2D eigenvalue weighted by Gasteiger charge is -2.52. The summed E-state index contributed by atoms with van der Waals surface area (Å²) in [5.41, 5.74) is 10.3. The van der Waals surface area contributed by atoms with Crippen LogP contribution in [0.2, 0.25) is 0 Å². The summed E-state index contributed by atoms with van der Waals surface area (Å²) in [7, 11) is 0. The fraction of sp³-hybridized carbons (Fsp3) is 0.305. The lowest BCUT2D eigenvalue weighted by atomic mass is 9.94. The fourth-order valence-electron chi connectivity index (χ4n) is 14.1. The smallest absolute Gasteiger partial charge is 0.187 e.